The molecule has 4 aromatic rings. The van der Waals surface area contributed by atoms with Crippen LogP contribution in [-0.2, 0) is 6.54 Å². The molecular formula is C23H16N4O3. The van der Waals surface area contributed by atoms with Crippen LogP contribution in [0.1, 0.15) is 27.2 Å². The van der Waals surface area contributed by atoms with Gasteiger partial charge in [0.2, 0.25) is 0 Å². The van der Waals surface area contributed by atoms with Crippen molar-refractivity contribution in [2.45, 2.75) is 6.54 Å². The number of anilines is 1. The van der Waals surface area contributed by atoms with Crippen molar-refractivity contribution in [2.24, 2.45) is 0 Å². The summed E-state index contributed by atoms with van der Waals surface area (Å²) in [5.74, 6) is -0.236. The van der Waals surface area contributed by atoms with Crippen LogP contribution in [0.5, 0.6) is 0 Å². The molecule has 0 aliphatic carbocycles. The first-order chi connectivity index (χ1) is 14.6. The molecule has 5 rings (SSSR count). The monoisotopic (exact) mass is 396 g/mol. The number of carbonyl (C=O) groups excluding carboxylic acids is 1. The van der Waals surface area contributed by atoms with E-state index in [0.29, 0.717) is 16.8 Å². The van der Waals surface area contributed by atoms with E-state index in [-0.39, 0.29) is 18.1 Å². The lowest BCUT2D eigenvalue weighted by atomic mass is 10.1. The number of para-hydroxylation sites is 2. The molecule has 0 spiro atoms. The van der Waals surface area contributed by atoms with Crippen LogP contribution >= 0.6 is 0 Å². The van der Waals surface area contributed by atoms with Gasteiger partial charge in [0, 0.05) is 11.5 Å². The van der Waals surface area contributed by atoms with Crippen molar-refractivity contribution in [3.8, 4) is 0 Å². The Morgan fingerprint density at radius 2 is 1.80 bits per heavy atom. The Morgan fingerprint density at radius 3 is 2.67 bits per heavy atom. The van der Waals surface area contributed by atoms with E-state index in [1.54, 1.807) is 17.0 Å². The number of fused-ring (bicyclic) bond motifs is 2. The first kappa shape index (κ1) is 17.8. The maximum Gasteiger partial charge on any atom is 0.275 e. The van der Waals surface area contributed by atoms with Crippen LogP contribution in [0.4, 0.5) is 11.4 Å². The molecule has 0 bridgehead atoms. The molecule has 0 fully saturated rings. The van der Waals surface area contributed by atoms with E-state index < -0.39 is 4.92 Å². The Kier molecular flexibility index (Phi) is 4.14. The Morgan fingerprint density at radius 1 is 1.00 bits per heavy atom. The molecular weight excluding hydrogens is 380 g/mol. The Labute approximate surface area is 171 Å². The highest BCUT2D eigenvalue weighted by molar-refractivity contribution is 6.11. The maximum absolute atomic E-state index is 13.0. The quantitative estimate of drug-likeness (QED) is 0.396. The summed E-state index contributed by atoms with van der Waals surface area (Å²) < 4.78 is 0. The van der Waals surface area contributed by atoms with Gasteiger partial charge in [-0.2, -0.15) is 5.10 Å². The van der Waals surface area contributed by atoms with Gasteiger partial charge in [-0.15, -0.1) is 0 Å². The second kappa shape index (κ2) is 6.97. The van der Waals surface area contributed by atoms with Crippen LogP contribution in [0.25, 0.3) is 23.1 Å². The van der Waals surface area contributed by atoms with Crippen LogP contribution in [0.3, 0.4) is 0 Å². The summed E-state index contributed by atoms with van der Waals surface area (Å²) >= 11 is 0. The molecule has 0 atom stereocenters. The molecule has 146 valence electrons. The fourth-order valence-electron chi connectivity index (χ4n) is 3.84. The minimum absolute atomic E-state index is 0.0284. The van der Waals surface area contributed by atoms with Crippen molar-refractivity contribution < 1.29 is 9.72 Å². The lowest BCUT2D eigenvalue weighted by molar-refractivity contribution is -0.385. The predicted octanol–water partition coefficient (Wildman–Crippen LogP) is 4.80. The van der Waals surface area contributed by atoms with Crippen molar-refractivity contribution >= 4 is 40.3 Å². The average molecular weight is 396 g/mol. The van der Waals surface area contributed by atoms with Crippen molar-refractivity contribution in [1.29, 1.82) is 0 Å². The highest BCUT2D eigenvalue weighted by Gasteiger charge is 2.34. The van der Waals surface area contributed by atoms with E-state index >= 15 is 0 Å². The number of nitrogens with zero attached hydrogens (tertiary/aromatic N) is 3. The van der Waals surface area contributed by atoms with E-state index in [2.05, 4.69) is 10.2 Å². The van der Waals surface area contributed by atoms with E-state index in [4.69, 9.17) is 0 Å². The average Bonchev–Trinajstić information content (AvgIpc) is 3.33. The summed E-state index contributed by atoms with van der Waals surface area (Å²) in [7, 11) is 0. The molecule has 1 aliphatic heterocycles. The zero-order chi connectivity index (χ0) is 20.7. The second-order valence-corrected chi connectivity index (χ2v) is 7.00. The van der Waals surface area contributed by atoms with Gasteiger partial charge in [-0.25, -0.2) is 0 Å². The number of aromatic amines is 1. The molecule has 0 unspecified atom stereocenters. The molecule has 1 N–H and O–H groups in total. The molecule has 1 aliphatic rings. The van der Waals surface area contributed by atoms with Gasteiger partial charge < -0.3 is 4.90 Å². The topological polar surface area (TPSA) is 92.1 Å². The van der Waals surface area contributed by atoms with Gasteiger partial charge in [0.15, 0.2) is 0 Å². The Hall–Kier alpha value is -4.26. The molecule has 0 saturated heterocycles. The number of nitro groups is 1. The van der Waals surface area contributed by atoms with Crippen LogP contribution in [-0.4, -0.2) is 21.0 Å². The first-order valence-electron chi connectivity index (χ1n) is 9.42. The van der Waals surface area contributed by atoms with Gasteiger partial charge in [-0.3, -0.25) is 20.0 Å². The molecule has 0 radical (unpaired) electrons. The normalized spacial score (nSPS) is 13.3. The SMILES string of the molecule is O=C1c2cccc([N+](=O)[O-])c2CN1c1ccccc1C=Cc1n[nH]c2ccccc12. The van der Waals surface area contributed by atoms with Crippen LogP contribution in [0.15, 0.2) is 66.7 Å². The predicted molar refractivity (Wildman–Crippen MR) is 115 cm³/mol. The third-order valence-corrected chi connectivity index (χ3v) is 5.29. The van der Waals surface area contributed by atoms with Crippen LogP contribution in [0.2, 0.25) is 0 Å². The van der Waals surface area contributed by atoms with Gasteiger partial charge in [-0.05, 0) is 29.8 Å². The van der Waals surface area contributed by atoms with Crippen LogP contribution < -0.4 is 4.90 Å². The summed E-state index contributed by atoms with van der Waals surface area (Å²) in [5, 5.41) is 19.7. The van der Waals surface area contributed by atoms with Crippen molar-refractivity contribution in [2.75, 3.05) is 4.90 Å². The lowest BCUT2D eigenvalue weighted by Crippen LogP contribution is -2.23. The zero-order valence-electron chi connectivity index (χ0n) is 15.8. The lowest BCUT2D eigenvalue weighted by Gasteiger charge is -2.18. The molecule has 30 heavy (non-hydrogen) atoms. The number of nitro benzene ring substituents is 1. The number of nitrogens with one attached hydrogen (secondary N) is 1. The molecule has 7 heteroatoms. The number of benzene rings is 3. The van der Waals surface area contributed by atoms with Gasteiger partial charge in [0.05, 0.1) is 39.5 Å². The maximum atomic E-state index is 13.0. The first-order valence-corrected chi connectivity index (χ1v) is 9.42. The third-order valence-electron chi connectivity index (χ3n) is 5.29. The van der Waals surface area contributed by atoms with Gasteiger partial charge in [0.25, 0.3) is 11.6 Å². The summed E-state index contributed by atoms with van der Waals surface area (Å²) in [5.41, 5.74) is 4.07. The van der Waals surface area contributed by atoms with Crippen molar-refractivity contribution in [1.82, 2.24) is 10.2 Å². The smallest absolute Gasteiger partial charge is 0.275 e. The van der Waals surface area contributed by atoms with Gasteiger partial charge in [-0.1, -0.05) is 48.5 Å². The van der Waals surface area contributed by atoms with Crippen LogP contribution in [0, 0.1) is 10.1 Å². The molecule has 3 aromatic carbocycles. The Balaban J connectivity index is 1.52. The number of aromatic nitrogens is 2. The fraction of sp³-hybridized carbons (Fsp3) is 0.0435. The minimum Gasteiger partial charge on any atom is -0.303 e. The number of H-pyrrole nitrogens is 1. The summed E-state index contributed by atoms with van der Waals surface area (Å²) in [6.45, 7) is 0.168. The largest absolute Gasteiger partial charge is 0.303 e. The molecule has 7 nitrogen and oxygen atoms in total. The standard InChI is InChI=1S/C23H16N4O3/c28-23-16-8-5-11-22(27(29)30)18(16)14-26(23)21-10-4-1-6-15(21)12-13-20-17-7-2-3-9-19(17)24-25-20/h1-13H,14H2,(H,24,25). The second-order valence-electron chi connectivity index (χ2n) is 7.00. The molecule has 0 saturated carbocycles. The molecule has 2 heterocycles. The number of carbonyl (C=O) groups is 1. The summed E-state index contributed by atoms with van der Waals surface area (Å²) in [4.78, 5) is 25.5. The highest BCUT2D eigenvalue weighted by Crippen LogP contribution is 2.35. The number of rotatable bonds is 4. The molecule has 1 aromatic heterocycles. The minimum atomic E-state index is -0.440. The fourth-order valence-corrected chi connectivity index (χ4v) is 3.84. The summed E-state index contributed by atoms with van der Waals surface area (Å²) in [6.07, 6.45) is 3.80. The molecule has 1 amide bonds. The van der Waals surface area contributed by atoms with E-state index in [1.807, 2.05) is 60.7 Å². The van der Waals surface area contributed by atoms with Crippen molar-refractivity contribution in [3.63, 3.8) is 0 Å². The van der Waals surface area contributed by atoms with E-state index in [9.17, 15) is 14.9 Å². The highest BCUT2D eigenvalue weighted by atomic mass is 16.6. The Bertz CT molecular complexity index is 1340. The van der Waals surface area contributed by atoms with E-state index in [1.165, 1.54) is 6.07 Å². The van der Waals surface area contributed by atoms with Crippen molar-refractivity contribution in [3.05, 3.63) is 99.2 Å². The zero-order valence-corrected chi connectivity index (χ0v) is 15.8. The van der Waals surface area contributed by atoms with Gasteiger partial charge in [0.1, 0.15) is 0 Å². The van der Waals surface area contributed by atoms with E-state index in [0.717, 1.165) is 22.2 Å². The number of amides is 1. The number of hydrogen-bond acceptors (Lipinski definition) is 4. The number of hydrogen-bond donors (Lipinski definition) is 1. The third kappa shape index (κ3) is 2.84. The summed E-state index contributed by atoms with van der Waals surface area (Å²) in [6, 6.07) is 20.0. The van der Waals surface area contributed by atoms with Gasteiger partial charge >= 0.3 is 0 Å².